The van der Waals surface area contributed by atoms with E-state index in [1.54, 1.807) is 0 Å². The van der Waals surface area contributed by atoms with Crippen LogP contribution in [0.25, 0.3) is 39.0 Å². The molecule has 2 aromatic heterocycles. The lowest BCUT2D eigenvalue weighted by Gasteiger charge is -2.30. The van der Waals surface area contributed by atoms with Crippen LogP contribution < -0.4 is 10.1 Å². The van der Waals surface area contributed by atoms with E-state index < -0.39 is 0 Å². The Morgan fingerprint density at radius 3 is 2.29 bits per heavy atom. The Kier molecular flexibility index (Phi) is 3.42. The molecule has 0 bridgehead atoms. The largest absolute Gasteiger partial charge is 0.332 e. The lowest BCUT2D eigenvalue weighted by Crippen LogP contribution is -2.27. The molecular formula is C36H24N2. The normalized spacial score (nSPS) is 22.3. The molecule has 3 atom stereocenters. The van der Waals surface area contributed by atoms with Gasteiger partial charge in [-0.2, -0.15) is 0 Å². The molecule has 0 saturated carbocycles. The third kappa shape index (κ3) is 2.15. The minimum atomic E-state index is 0.344. The van der Waals surface area contributed by atoms with Crippen molar-refractivity contribution >= 4 is 50.3 Å². The summed E-state index contributed by atoms with van der Waals surface area (Å²) in [6.45, 7) is 0. The second kappa shape index (κ2) is 6.65. The molecule has 2 heteroatoms. The number of nitrogens with zero attached hydrogens (tertiary/aromatic N) is 2. The predicted molar refractivity (Wildman–Crippen MR) is 157 cm³/mol. The molecule has 10 rings (SSSR count). The Hall–Kier alpha value is -4.56. The van der Waals surface area contributed by atoms with Crippen molar-refractivity contribution in [2.24, 2.45) is 0 Å². The number of fused-ring (bicyclic) bond motifs is 12. The van der Waals surface area contributed by atoms with E-state index in [2.05, 4.69) is 125 Å². The van der Waals surface area contributed by atoms with E-state index in [1.807, 2.05) is 0 Å². The first-order valence-electron chi connectivity index (χ1n) is 13.7. The number of rotatable bonds is 1. The number of aromatic nitrogens is 1. The maximum atomic E-state index is 2.61. The molecule has 2 aliphatic heterocycles. The fraction of sp³-hybridized carbons (Fsp3) is 0.111. The third-order valence-corrected chi connectivity index (χ3v) is 9.57. The Balaban J connectivity index is 1.27. The van der Waals surface area contributed by atoms with Gasteiger partial charge in [-0.1, -0.05) is 91.0 Å². The molecule has 178 valence electrons. The lowest BCUT2D eigenvalue weighted by molar-refractivity contribution is 0.749. The van der Waals surface area contributed by atoms with Crippen LogP contribution in [0.2, 0.25) is 0 Å². The van der Waals surface area contributed by atoms with Crippen LogP contribution in [0.1, 0.15) is 34.9 Å². The highest BCUT2D eigenvalue weighted by Gasteiger charge is 2.48. The standard InChI is InChI=1S/C36H24N2/c1-5-13-30-23(9-1)26-18-17-22(34-27-12-4-8-16-33(27)38(30)36(26)34)21-19-28-24-10-2-6-14-31(24)37-32-15-7-3-11-25(32)29(20-21)35(28)37/h1-16,18-20,22,28,35H,17H2. The van der Waals surface area contributed by atoms with Gasteiger partial charge in [0.1, 0.15) is 0 Å². The van der Waals surface area contributed by atoms with Gasteiger partial charge in [0, 0.05) is 44.8 Å². The first-order chi connectivity index (χ1) is 18.9. The number of allylic oxidation sites excluding steroid dienone is 2. The Morgan fingerprint density at radius 1 is 0.684 bits per heavy atom. The average molecular weight is 485 g/mol. The van der Waals surface area contributed by atoms with Gasteiger partial charge in [-0.15, -0.1) is 0 Å². The maximum Gasteiger partial charge on any atom is 0.0702 e. The summed E-state index contributed by atoms with van der Waals surface area (Å²) in [7, 11) is 0. The molecular weight excluding hydrogens is 460 g/mol. The van der Waals surface area contributed by atoms with Crippen LogP contribution in [0.5, 0.6) is 0 Å². The van der Waals surface area contributed by atoms with Crippen molar-refractivity contribution in [3.63, 3.8) is 0 Å². The van der Waals surface area contributed by atoms with Gasteiger partial charge in [-0.25, -0.2) is 0 Å². The van der Waals surface area contributed by atoms with E-state index in [0.717, 1.165) is 6.42 Å². The minimum Gasteiger partial charge on any atom is -0.332 e. The predicted octanol–water partition coefficient (Wildman–Crippen LogP) is 7.87. The van der Waals surface area contributed by atoms with Gasteiger partial charge in [0.05, 0.1) is 22.6 Å². The van der Waals surface area contributed by atoms with Crippen molar-refractivity contribution in [3.8, 4) is 0 Å². The van der Waals surface area contributed by atoms with E-state index in [-0.39, 0.29) is 0 Å². The first kappa shape index (κ1) is 19.5. The van der Waals surface area contributed by atoms with E-state index in [0.29, 0.717) is 17.9 Å². The molecule has 0 fully saturated rings. The van der Waals surface area contributed by atoms with Crippen LogP contribution in [0.3, 0.4) is 0 Å². The van der Waals surface area contributed by atoms with Crippen molar-refractivity contribution in [2.45, 2.75) is 24.3 Å². The van der Waals surface area contributed by atoms with Crippen molar-refractivity contribution in [2.75, 3.05) is 4.90 Å². The first-order valence-corrected chi connectivity index (χ1v) is 13.7. The van der Waals surface area contributed by atoms with Crippen molar-refractivity contribution < 1.29 is 0 Å². The van der Waals surface area contributed by atoms with Gasteiger partial charge in [-0.3, -0.25) is 0 Å². The quantitative estimate of drug-likeness (QED) is 0.230. The molecule has 4 aliphatic rings. The molecule has 0 spiro atoms. The molecule has 2 aliphatic carbocycles. The van der Waals surface area contributed by atoms with Crippen LogP contribution in [-0.4, -0.2) is 10.4 Å². The second-order valence-corrected chi connectivity index (χ2v) is 11.2. The molecule has 4 heterocycles. The molecule has 0 saturated heterocycles. The summed E-state index contributed by atoms with van der Waals surface area (Å²) in [6.07, 6.45) is 8.71. The van der Waals surface area contributed by atoms with E-state index in [9.17, 15) is 0 Å². The van der Waals surface area contributed by atoms with E-state index in [4.69, 9.17) is 0 Å². The lowest BCUT2D eigenvalue weighted by atomic mass is 9.75. The fourth-order valence-corrected chi connectivity index (χ4v) is 8.18. The second-order valence-electron chi connectivity index (χ2n) is 11.2. The molecule has 0 radical (unpaired) electrons. The zero-order valence-electron chi connectivity index (χ0n) is 20.8. The van der Waals surface area contributed by atoms with Gasteiger partial charge in [0.2, 0.25) is 0 Å². The summed E-state index contributed by atoms with van der Waals surface area (Å²) in [5.74, 6) is 0.717. The zero-order chi connectivity index (χ0) is 24.5. The van der Waals surface area contributed by atoms with E-state index >= 15 is 0 Å². The molecule has 4 aromatic carbocycles. The zero-order valence-corrected chi connectivity index (χ0v) is 20.8. The van der Waals surface area contributed by atoms with Gasteiger partial charge >= 0.3 is 0 Å². The topological polar surface area (TPSA) is 7.65 Å². The Bertz CT molecular complexity index is 2140. The molecule has 3 unspecified atom stereocenters. The average Bonchev–Trinajstić information content (AvgIpc) is 3.70. The number of anilines is 2. The molecule has 0 amide bonds. The highest BCUT2D eigenvalue weighted by molar-refractivity contribution is 6.04. The summed E-state index contributed by atoms with van der Waals surface area (Å²) >= 11 is 0. The number of para-hydroxylation sites is 4. The number of benzene rings is 4. The van der Waals surface area contributed by atoms with Gasteiger partial charge in [0.25, 0.3) is 0 Å². The summed E-state index contributed by atoms with van der Waals surface area (Å²) < 4.78 is 2.52. The summed E-state index contributed by atoms with van der Waals surface area (Å²) in [6, 6.07) is 36.4. The monoisotopic (exact) mass is 484 g/mol. The van der Waals surface area contributed by atoms with Gasteiger partial charge < -0.3 is 9.30 Å². The maximum absolute atomic E-state index is 2.61. The molecule has 38 heavy (non-hydrogen) atoms. The number of hydrogen-bond donors (Lipinski definition) is 0. The van der Waals surface area contributed by atoms with Gasteiger partial charge in [0.15, 0.2) is 0 Å². The summed E-state index contributed by atoms with van der Waals surface area (Å²) in [4.78, 5) is 2.59. The van der Waals surface area contributed by atoms with Crippen molar-refractivity contribution in [1.82, 2.24) is 4.40 Å². The van der Waals surface area contributed by atoms with Crippen LogP contribution >= 0.6 is 0 Å². The SMILES string of the molecule is C1=C(C2CC=c3c4ccccc4n4c3c2c2ccccc24)C=C2c3ccccc3N3c4ccccc4C1C23. The Labute approximate surface area is 220 Å². The van der Waals surface area contributed by atoms with Crippen LogP contribution in [0.15, 0.2) is 115 Å². The smallest absolute Gasteiger partial charge is 0.0702 e. The Morgan fingerprint density at radius 2 is 1.39 bits per heavy atom. The highest BCUT2D eigenvalue weighted by atomic mass is 15.2. The molecule has 6 aromatic rings. The fourth-order valence-electron chi connectivity index (χ4n) is 8.18. The van der Waals surface area contributed by atoms with Gasteiger partial charge in [-0.05, 0) is 53.0 Å². The summed E-state index contributed by atoms with van der Waals surface area (Å²) in [5, 5.41) is 4.18. The third-order valence-electron chi connectivity index (χ3n) is 9.57. The molecule has 2 nitrogen and oxygen atoms in total. The van der Waals surface area contributed by atoms with E-state index in [1.165, 1.54) is 71.8 Å². The van der Waals surface area contributed by atoms with Crippen LogP contribution in [-0.2, 0) is 0 Å². The number of hydrogen-bond acceptors (Lipinski definition) is 1. The van der Waals surface area contributed by atoms with Crippen molar-refractivity contribution in [1.29, 1.82) is 0 Å². The highest BCUT2D eigenvalue weighted by Crippen LogP contribution is 2.59. The summed E-state index contributed by atoms with van der Waals surface area (Å²) in [5.41, 5.74) is 14.1. The minimum absolute atomic E-state index is 0.344. The van der Waals surface area contributed by atoms with Crippen LogP contribution in [0, 0.1) is 0 Å². The van der Waals surface area contributed by atoms with Crippen molar-refractivity contribution in [3.05, 3.63) is 137 Å². The molecule has 0 N–H and O–H groups in total. The van der Waals surface area contributed by atoms with Crippen LogP contribution in [0.4, 0.5) is 11.4 Å².